The molecule has 0 fully saturated rings. The molecule has 0 aromatic heterocycles. The summed E-state index contributed by atoms with van der Waals surface area (Å²) in [5, 5.41) is 0.141. The van der Waals surface area contributed by atoms with Crippen LogP contribution in [0.15, 0.2) is 18.2 Å². The first-order valence-electron chi connectivity index (χ1n) is 4.23. The zero-order valence-corrected chi connectivity index (χ0v) is 9.71. The van der Waals surface area contributed by atoms with E-state index in [4.69, 9.17) is 34.8 Å². The van der Waals surface area contributed by atoms with E-state index in [1.165, 1.54) is 6.07 Å². The molecule has 0 amide bonds. The van der Waals surface area contributed by atoms with Crippen LogP contribution in [0.1, 0.15) is 5.56 Å². The third-order valence-corrected chi connectivity index (χ3v) is 3.12. The highest BCUT2D eigenvalue weighted by Crippen LogP contribution is 2.18. The summed E-state index contributed by atoms with van der Waals surface area (Å²) in [7, 11) is 0. The number of halogens is 4. The molecule has 0 aliphatic rings. The lowest BCUT2D eigenvalue weighted by atomic mass is 10.0. The molecular formula is C10H10Cl3F. The predicted molar refractivity (Wildman–Crippen MR) is 60.0 cm³/mol. The molecule has 0 aliphatic heterocycles. The molecule has 14 heavy (non-hydrogen) atoms. The molecule has 0 nitrogen and oxygen atoms in total. The van der Waals surface area contributed by atoms with Gasteiger partial charge in [0.25, 0.3) is 0 Å². The van der Waals surface area contributed by atoms with E-state index in [0.29, 0.717) is 18.2 Å². The Hall–Kier alpha value is 0.0200. The molecular weight excluding hydrogens is 245 g/mol. The first kappa shape index (κ1) is 12.1. The zero-order valence-electron chi connectivity index (χ0n) is 7.44. The Morgan fingerprint density at radius 1 is 1.21 bits per heavy atom. The van der Waals surface area contributed by atoms with E-state index in [1.54, 1.807) is 12.1 Å². The Morgan fingerprint density at radius 3 is 2.36 bits per heavy atom. The predicted octanol–water partition coefficient (Wildman–Crippen LogP) is 4.12. The van der Waals surface area contributed by atoms with Crippen LogP contribution in [0, 0.1) is 11.7 Å². The monoisotopic (exact) mass is 254 g/mol. The van der Waals surface area contributed by atoms with Gasteiger partial charge in [0.1, 0.15) is 5.82 Å². The van der Waals surface area contributed by atoms with Gasteiger partial charge in [-0.2, -0.15) is 0 Å². The SMILES string of the molecule is Fc1cc(CC(CCl)CCl)ccc1Cl. The van der Waals surface area contributed by atoms with Gasteiger partial charge in [-0.05, 0) is 30.0 Å². The quantitative estimate of drug-likeness (QED) is 0.710. The summed E-state index contributed by atoms with van der Waals surface area (Å²) in [5.74, 6) is 0.743. The van der Waals surface area contributed by atoms with Crippen LogP contribution in [0.5, 0.6) is 0 Å². The van der Waals surface area contributed by atoms with Crippen LogP contribution in [0.2, 0.25) is 5.02 Å². The molecule has 0 unspecified atom stereocenters. The molecule has 0 radical (unpaired) electrons. The maximum Gasteiger partial charge on any atom is 0.142 e. The zero-order chi connectivity index (χ0) is 10.6. The van der Waals surface area contributed by atoms with Crippen molar-refractivity contribution < 1.29 is 4.39 Å². The van der Waals surface area contributed by atoms with Gasteiger partial charge in [-0.25, -0.2) is 4.39 Å². The molecule has 0 aliphatic carbocycles. The van der Waals surface area contributed by atoms with Gasteiger partial charge in [0.15, 0.2) is 0 Å². The summed E-state index contributed by atoms with van der Waals surface area (Å²) in [6.07, 6.45) is 0.682. The molecule has 78 valence electrons. The van der Waals surface area contributed by atoms with Crippen molar-refractivity contribution in [3.63, 3.8) is 0 Å². The Morgan fingerprint density at radius 2 is 1.86 bits per heavy atom. The fraction of sp³-hybridized carbons (Fsp3) is 0.400. The molecule has 0 saturated carbocycles. The van der Waals surface area contributed by atoms with Crippen molar-refractivity contribution in [2.75, 3.05) is 11.8 Å². The molecule has 0 spiro atoms. The van der Waals surface area contributed by atoms with E-state index in [2.05, 4.69) is 0 Å². The topological polar surface area (TPSA) is 0 Å². The van der Waals surface area contributed by atoms with E-state index >= 15 is 0 Å². The standard InChI is InChI=1S/C10H10Cl3F/c11-5-8(6-12)3-7-1-2-9(13)10(14)4-7/h1-2,4,8H,3,5-6H2. The van der Waals surface area contributed by atoms with Crippen LogP contribution >= 0.6 is 34.8 Å². The van der Waals surface area contributed by atoms with Crippen molar-refractivity contribution in [1.82, 2.24) is 0 Å². The molecule has 0 saturated heterocycles. The number of hydrogen-bond acceptors (Lipinski definition) is 0. The van der Waals surface area contributed by atoms with Gasteiger partial charge in [-0.1, -0.05) is 17.7 Å². The first-order chi connectivity index (χ1) is 6.67. The number of alkyl halides is 2. The smallest absolute Gasteiger partial charge is 0.142 e. The van der Waals surface area contributed by atoms with Crippen LogP contribution in [0.25, 0.3) is 0 Å². The lowest BCUT2D eigenvalue weighted by molar-refractivity contribution is 0.616. The fourth-order valence-corrected chi connectivity index (χ4v) is 1.82. The minimum atomic E-state index is -0.396. The van der Waals surface area contributed by atoms with E-state index in [-0.39, 0.29) is 10.9 Å². The van der Waals surface area contributed by atoms with Crippen LogP contribution in [0.3, 0.4) is 0 Å². The second-order valence-electron chi connectivity index (χ2n) is 3.13. The molecule has 0 heterocycles. The van der Waals surface area contributed by atoms with E-state index in [1.807, 2.05) is 0 Å². The molecule has 1 rings (SSSR count). The van der Waals surface area contributed by atoms with Crippen LogP contribution in [-0.2, 0) is 6.42 Å². The largest absolute Gasteiger partial charge is 0.205 e. The Labute approximate surface area is 98.0 Å². The highest BCUT2D eigenvalue weighted by Gasteiger charge is 2.08. The fourth-order valence-electron chi connectivity index (χ4n) is 1.15. The highest BCUT2D eigenvalue weighted by molar-refractivity contribution is 6.30. The summed E-state index contributed by atoms with van der Waals surface area (Å²) in [4.78, 5) is 0. The van der Waals surface area contributed by atoms with Gasteiger partial charge < -0.3 is 0 Å². The Kier molecular flexibility index (Phi) is 5.00. The lowest BCUT2D eigenvalue weighted by Crippen LogP contribution is -2.08. The summed E-state index contributed by atoms with van der Waals surface area (Å²) >= 11 is 16.9. The van der Waals surface area contributed by atoms with Gasteiger partial charge in [0, 0.05) is 11.8 Å². The van der Waals surface area contributed by atoms with E-state index in [9.17, 15) is 4.39 Å². The van der Waals surface area contributed by atoms with Crippen molar-refractivity contribution in [3.05, 3.63) is 34.6 Å². The number of benzene rings is 1. The van der Waals surface area contributed by atoms with E-state index in [0.717, 1.165) is 5.56 Å². The first-order valence-corrected chi connectivity index (χ1v) is 5.68. The van der Waals surface area contributed by atoms with Crippen molar-refractivity contribution in [2.45, 2.75) is 6.42 Å². The number of rotatable bonds is 4. The lowest BCUT2D eigenvalue weighted by Gasteiger charge is -2.09. The van der Waals surface area contributed by atoms with Gasteiger partial charge in [-0.15, -0.1) is 23.2 Å². The molecule has 4 heteroatoms. The van der Waals surface area contributed by atoms with Crippen molar-refractivity contribution in [3.8, 4) is 0 Å². The van der Waals surface area contributed by atoms with Gasteiger partial charge in [0.05, 0.1) is 5.02 Å². The van der Waals surface area contributed by atoms with E-state index < -0.39 is 5.82 Å². The van der Waals surface area contributed by atoms with Crippen LogP contribution in [0.4, 0.5) is 4.39 Å². The minimum Gasteiger partial charge on any atom is -0.205 e. The molecule has 1 aromatic rings. The molecule has 0 bridgehead atoms. The van der Waals surface area contributed by atoms with Crippen molar-refractivity contribution in [2.24, 2.45) is 5.92 Å². The second-order valence-corrected chi connectivity index (χ2v) is 4.15. The summed E-state index contributed by atoms with van der Waals surface area (Å²) in [5.41, 5.74) is 0.873. The van der Waals surface area contributed by atoms with Crippen molar-refractivity contribution in [1.29, 1.82) is 0 Å². The third kappa shape index (κ3) is 3.30. The van der Waals surface area contributed by atoms with Gasteiger partial charge in [-0.3, -0.25) is 0 Å². The molecule has 0 atom stereocenters. The summed E-state index contributed by atoms with van der Waals surface area (Å²) in [6, 6.07) is 4.76. The highest BCUT2D eigenvalue weighted by atomic mass is 35.5. The average Bonchev–Trinajstić information content (AvgIpc) is 2.19. The normalized spacial score (nSPS) is 10.9. The maximum atomic E-state index is 13.0. The average molecular weight is 256 g/mol. The van der Waals surface area contributed by atoms with Crippen molar-refractivity contribution >= 4 is 34.8 Å². The Balaban J connectivity index is 2.72. The molecule has 1 aromatic carbocycles. The Bertz CT molecular complexity index is 297. The van der Waals surface area contributed by atoms with Crippen LogP contribution in [-0.4, -0.2) is 11.8 Å². The summed E-state index contributed by atoms with van der Waals surface area (Å²) < 4.78 is 13.0. The number of hydrogen-bond donors (Lipinski definition) is 0. The van der Waals surface area contributed by atoms with Gasteiger partial charge >= 0.3 is 0 Å². The van der Waals surface area contributed by atoms with Gasteiger partial charge in [0.2, 0.25) is 0 Å². The molecule has 0 N–H and O–H groups in total. The maximum absolute atomic E-state index is 13.0. The van der Waals surface area contributed by atoms with Crippen LogP contribution < -0.4 is 0 Å². The second kappa shape index (κ2) is 5.79. The minimum absolute atomic E-state index is 0.141. The summed E-state index contributed by atoms with van der Waals surface area (Å²) in [6.45, 7) is 0. The third-order valence-electron chi connectivity index (χ3n) is 1.94.